The van der Waals surface area contributed by atoms with E-state index in [-0.39, 0.29) is 0 Å². The maximum atomic E-state index is 10.1. The van der Waals surface area contributed by atoms with E-state index in [1.54, 1.807) is 6.08 Å². The maximum Gasteiger partial charge on any atom is 0.327 e. The number of para-hydroxylation sites is 1. The number of hydrogen-bond donors (Lipinski definition) is 1. The van der Waals surface area contributed by atoms with Gasteiger partial charge in [-0.05, 0) is 18.6 Å². The Morgan fingerprint density at radius 1 is 1.36 bits per heavy atom. The van der Waals surface area contributed by atoms with E-state index in [1.165, 1.54) is 0 Å². The zero-order valence-electron chi connectivity index (χ0n) is 7.72. The van der Waals surface area contributed by atoms with Crippen molar-refractivity contribution in [2.45, 2.75) is 6.42 Å². The lowest BCUT2D eigenvalue weighted by Gasteiger charge is -2.02. The highest BCUT2D eigenvalue weighted by Crippen LogP contribution is 2.08. The first-order chi connectivity index (χ1) is 6.79. The molecule has 0 atom stereocenters. The molecule has 14 heavy (non-hydrogen) atoms. The number of ether oxygens (including phenoxy) is 1. The summed E-state index contributed by atoms with van der Waals surface area (Å²) < 4.78 is 5.34. The Labute approximate surface area is 82.6 Å². The molecule has 1 aromatic carbocycles. The predicted octanol–water partition coefficient (Wildman–Crippen LogP) is 2.10. The summed E-state index contributed by atoms with van der Waals surface area (Å²) in [5.41, 5.74) is 0. The van der Waals surface area contributed by atoms with E-state index in [0.29, 0.717) is 13.0 Å². The van der Waals surface area contributed by atoms with Crippen LogP contribution in [-0.2, 0) is 4.79 Å². The molecule has 0 spiro atoms. The monoisotopic (exact) mass is 192 g/mol. The molecule has 0 aliphatic rings. The van der Waals surface area contributed by atoms with Gasteiger partial charge in [-0.3, -0.25) is 0 Å². The molecule has 0 fully saturated rings. The zero-order valence-corrected chi connectivity index (χ0v) is 7.72. The predicted molar refractivity (Wildman–Crippen MR) is 53.3 cm³/mol. The fourth-order valence-electron chi connectivity index (χ4n) is 0.946. The first-order valence-corrected chi connectivity index (χ1v) is 4.36. The van der Waals surface area contributed by atoms with E-state index >= 15 is 0 Å². The summed E-state index contributed by atoms with van der Waals surface area (Å²) in [6, 6.07) is 9.42. The molecular weight excluding hydrogens is 180 g/mol. The topological polar surface area (TPSA) is 46.5 Å². The van der Waals surface area contributed by atoms with Crippen LogP contribution in [-0.4, -0.2) is 17.7 Å². The highest BCUT2D eigenvalue weighted by atomic mass is 16.5. The van der Waals surface area contributed by atoms with Crippen molar-refractivity contribution in [1.82, 2.24) is 0 Å². The first kappa shape index (κ1) is 10.3. The lowest BCUT2D eigenvalue weighted by molar-refractivity contribution is -0.131. The van der Waals surface area contributed by atoms with Gasteiger partial charge in [0.1, 0.15) is 5.75 Å². The average molecular weight is 192 g/mol. The third-order valence-corrected chi connectivity index (χ3v) is 1.56. The molecule has 0 aliphatic heterocycles. The Balaban J connectivity index is 2.19. The highest BCUT2D eigenvalue weighted by Gasteiger charge is 1.89. The number of hydrogen-bond acceptors (Lipinski definition) is 2. The molecular formula is C11H12O3. The fourth-order valence-corrected chi connectivity index (χ4v) is 0.946. The summed E-state index contributed by atoms with van der Waals surface area (Å²) in [4.78, 5) is 10.1. The number of carboxylic acid groups (broad SMARTS) is 1. The average Bonchev–Trinajstić information content (AvgIpc) is 2.18. The van der Waals surface area contributed by atoms with Gasteiger partial charge in [-0.1, -0.05) is 24.3 Å². The molecule has 0 bridgehead atoms. The maximum absolute atomic E-state index is 10.1. The van der Waals surface area contributed by atoms with Crippen molar-refractivity contribution in [3.8, 4) is 5.75 Å². The minimum Gasteiger partial charge on any atom is -0.493 e. The number of aliphatic carboxylic acids is 1. The quantitative estimate of drug-likeness (QED) is 0.574. The second-order valence-corrected chi connectivity index (χ2v) is 2.69. The van der Waals surface area contributed by atoms with Crippen molar-refractivity contribution in [2.24, 2.45) is 0 Å². The van der Waals surface area contributed by atoms with Crippen LogP contribution in [0, 0.1) is 0 Å². The molecule has 0 unspecified atom stereocenters. The largest absolute Gasteiger partial charge is 0.493 e. The normalized spacial score (nSPS) is 10.3. The van der Waals surface area contributed by atoms with E-state index < -0.39 is 5.97 Å². The molecule has 0 heterocycles. The lowest BCUT2D eigenvalue weighted by atomic mass is 10.3. The van der Waals surface area contributed by atoms with Gasteiger partial charge in [-0.25, -0.2) is 4.79 Å². The first-order valence-electron chi connectivity index (χ1n) is 4.36. The molecule has 3 heteroatoms. The molecule has 1 aromatic rings. The van der Waals surface area contributed by atoms with Crippen LogP contribution in [0.25, 0.3) is 0 Å². The fraction of sp³-hybridized carbons (Fsp3) is 0.182. The van der Waals surface area contributed by atoms with Crippen molar-refractivity contribution in [1.29, 1.82) is 0 Å². The van der Waals surface area contributed by atoms with E-state index in [9.17, 15) is 4.79 Å². The van der Waals surface area contributed by atoms with Crippen LogP contribution in [0.5, 0.6) is 5.75 Å². The van der Waals surface area contributed by atoms with Gasteiger partial charge in [0.05, 0.1) is 6.61 Å². The Hall–Kier alpha value is -1.77. The minimum absolute atomic E-state index is 0.494. The Kier molecular flexibility index (Phi) is 4.27. The molecule has 1 rings (SSSR count). The molecule has 0 saturated carbocycles. The van der Waals surface area contributed by atoms with Gasteiger partial charge in [0.15, 0.2) is 0 Å². The van der Waals surface area contributed by atoms with Gasteiger partial charge in [0.2, 0.25) is 0 Å². The van der Waals surface area contributed by atoms with Crippen LogP contribution in [0.15, 0.2) is 42.5 Å². The van der Waals surface area contributed by atoms with E-state index in [0.717, 1.165) is 11.8 Å². The summed E-state index contributed by atoms with van der Waals surface area (Å²) in [5.74, 6) is -0.124. The molecule has 0 saturated heterocycles. The summed E-state index contributed by atoms with van der Waals surface area (Å²) in [5, 5.41) is 8.30. The van der Waals surface area contributed by atoms with E-state index in [1.807, 2.05) is 30.3 Å². The Morgan fingerprint density at radius 3 is 2.71 bits per heavy atom. The number of rotatable bonds is 5. The van der Waals surface area contributed by atoms with Crippen LogP contribution in [0.4, 0.5) is 0 Å². The van der Waals surface area contributed by atoms with E-state index in [4.69, 9.17) is 9.84 Å². The highest BCUT2D eigenvalue weighted by molar-refractivity contribution is 5.79. The molecule has 0 radical (unpaired) electrons. The van der Waals surface area contributed by atoms with Crippen LogP contribution in [0.2, 0.25) is 0 Å². The SMILES string of the molecule is O=C(O)C=CCCOc1ccccc1. The summed E-state index contributed by atoms with van der Waals surface area (Å²) in [6.07, 6.45) is 3.29. The van der Waals surface area contributed by atoms with Gasteiger partial charge in [0, 0.05) is 6.08 Å². The van der Waals surface area contributed by atoms with Crippen molar-refractivity contribution < 1.29 is 14.6 Å². The van der Waals surface area contributed by atoms with Crippen LogP contribution < -0.4 is 4.74 Å². The zero-order chi connectivity index (χ0) is 10.2. The molecule has 1 N–H and O–H groups in total. The van der Waals surface area contributed by atoms with Crippen molar-refractivity contribution in [3.63, 3.8) is 0 Å². The van der Waals surface area contributed by atoms with Crippen LogP contribution in [0.1, 0.15) is 6.42 Å². The van der Waals surface area contributed by atoms with Gasteiger partial charge in [-0.2, -0.15) is 0 Å². The molecule has 0 amide bonds. The Morgan fingerprint density at radius 2 is 2.07 bits per heavy atom. The van der Waals surface area contributed by atoms with Crippen molar-refractivity contribution in [2.75, 3.05) is 6.61 Å². The second kappa shape index (κ2) is 5.80. The van der Waals surface area contributed by atoms with Crippen LogP contribution in [0.3, 0.4) is 0 Å². The van der Waals surface area contributed by atoms with Crippen molar-refractivity contribution >= 4 is 5.97 Å². The minimum atomic E-state index is -0.926. The van der Waals surface area contributed by atoms with Gasteiger partial charge < -0.3 is 9.84 Å². The molecule has 74 valence electrons. The number of carboxylic acids is 1. The molecule has 3 nitrogen and oxygen atoms in total. The Bertz CT molecular complexity index is 304. The van der Waals surface area contributed by atoms with Crippen molar-refractivity contribution in [3.05, 3.63) is 42.5 Å². The van der Waals surface area contributed by atoms with E-state index in [2.05, 4.69) is 0 Å². The molecule has 0 aromatic heterocycles. The van der Waals surface area contributed by atoms with Gasteiger partial charge >= 0.3 is 5.97 Å². The second-order valence-electron chi connectivity index (χ2n) is 2.69. The standard InChI is InChI=1S/C11H12O3/c12-11(13)8-4-5-9-14-10-6-2-1-3-7-10/h1-4,6-8H,5,9H2,(H,12,13). The van der Waals surface area contributed by atoms with Gasteiger partial charge in [-0.15, -0.1) is 0 Å². The molecule has 0 aliphatic carbocycles. The van der Waals surface area contributed by atoms with Gasteiger partial charge in [0.25, 0.3) is 0 Å². The third kappa shape index (κ3) is 4.30. The summed E-state index contributed by atoms with van der Waals surface area (Å²) in [6.45, 7) is 0.494. The summed E-state index contributed by atoms with van der Waals surface area (Å²) in [7, 11) is 0. The smallest absolute Gasteiger partial charge is 0.327 e. The number of benzene rings is 1. The summed E-state index contributed by atoms with van der Waals surface area (Å²) >= 11 is 0. The third-order valence-electron chi connectivity index (χ3n) is 1.56. The van der Waals surface area contributed by atoms with Crippen LogP contribution >= 0.6 is 0 Å². The lowest BCUT2D eigenvalue weighted by Crippen LogP contribution is -1.95. The number of carbonyl (C=O) groups is 1.